The predicted molar refractivity (Wildman–Crippen MR) is 163 cm³/mol. The van der Waals surface area contributed by atoms with Gasteiger partial charge in [-0.2, -0.15) is 5.26 Å². The fourth-order valence-electron chi connectivity index (χ4n) is 5.09. The van der Waals surface area contributed by atoms with Crippen molar-refractivity contribution >= 4 is 34.0 Å². The molecule has 1 amide bonds. The van der Waals surface area contributed by atoms with E-state index in [2.05, 4.69) is 75.3 Å². The van der Waals surface area contributed by atoms with E-state index < -0.39 is 0 Å². The molecule has 1 aliphatic rings. The number of anilines is 1. The lowest BCUT2D eigenvalue weighted by Gasteiger charge is -2.36. The van der Waals surface area contributed by atoms with Crippen LogP contribution in [0, 0.1) is 22.7 Å². The summed E-state index contributed by atoms with van der Waals surface area (Å²) in [5.74, 6) is 2.13. The zero-order chi connectivity index (χ0) is 29.1. The first-order chi connectivity index (χ1) is 19.0. The highest BCUT2D eigenvalue weighted by molar-refractivity contribution is 7.99. The van der Waals surface area contributed by atoms with Crippen molar-refractivity contribution in [2.24, 2.45) is 11.3 Å². The van der Waals surface area contributed by atoms with E-state index in [9.17, 15) is 10.1 Å². The van der Waals surface area contributed by atoms with Crippen LogP contribution in [0.1, 0.15) is 88.7 Å². The molecule has 0 bridgehead atoms. The highest BCUT2D eigenvalue weighted by Crippen LogP contribution is 2.45. The van der Waals surface area contributed by atoms with Crippen LogP contribution < -0.4 is 10.1 Å². The van der Waals surface area contributed by atoms with E-state index in [1.54, 1.807) is 11.3 Å². The Morgan fingerprint density at radius 3 is 2.55 bits per heavy atom. The van der Waals surface area contributed by atoms with Gasteiger partial charge in [-0.3, -0.25) is 4.79 Å². The van der Waals surface area contributed by atoms with Gasteiger partial charge < -0.3 is 14.6 Å². The van der Waals surface area contributed by atoms with Crippen molar-refractivity contribution in [2.75, 3.05) is 11.1 Å². The molecule has 0 aliphatic heterocycles. The summed E-state index contributed by atoms with van der Waals surface area (Å²) in [6.45, 7) is 16.5. The van der Waals surface area contributed by atoms with Crippen molar-refractivity contribution in [2.45, 2.75) is 97.9 Å². The Morgan fingerprint density at radius 1 is 1.20 bits per heavy atom. The molecule has 0 saturated heterocycles. The third-order valence-corrected chi connectivity index (χ3v) is 10.3. The number of amides is 1. The molecule has 1 atom stereocenters. The highest BCUT2D eigenvalue weighted by atomic mass is 32.2. The minimum Gasteiger partial charge on any atom is -0.486 e. The number of ether oxygens (including phenoxy) is 1. The molecule has 214 valence electrons. The quantitative estimate of drug-likeness (QED) is 0.252. The van der Waals surface area contributed by atoms with Gasteiger partial charge in [-0.25, -0.2) is 0 Å². The van der Waals surface area contributed by atoms with E-state index in [-0.39, 0.29) is 22.5 Å². The molecular formula is C31H41N5O2S2. The minimum absolute atomic E-state index is 0.0906. The number of thioether (sulfide) groups is 1. The normalized spacial score (nSPS) is 15.4. The average Bonchev–Trinajstić information content (AvgIpc) is 3.49. The molecule has 1 aromatic carbocycles. The molecule has 2 aromatic heterocycles. The molecule has 0 fully saturated rings. The third kappa shape index (κ3) is 6.72. The lowest BCUT2D eigenvalue weighted by atomic mass is 9.69. The van der Waals surface area contributed by atoms with Crippen molar-refractivity contribution in [3.05, 3.63) is 51.7 Å². The summed E-state index contributed by atoms with van der Waals surface area (Å²) in [6, 6.07) is 10.5. The van der Waals surface area contributed by atoms with Crippen molar-refractivity contribution in [3.8, 4) is 11.8 Å². The van der Waals surface area contributed by atoms with Gasteiger partial charge in [0, 0.05) is 11.4 Å². The number of nitrogens with one attached hydrogen (secondary N) is 1. The average molecular weight is 580 g/mol. The zero-order valence-corrected chi connectivity index (χ0v) is 26.4. The number of carbonyl (C=O) groups is 1. The lowest BCUT2D eigenvalue weighted by molar-refractivity contribution is -0.113. The van der Waals surface area contributed by atoms with Crippen LogP contribution in [-0.2, 0) is 36.2 Å². The molecule has 7 nitrogen and oxygen atoms in total. The van der Waals surface area contributed by atoms with Crippen LogP contribution in [0.25, 0.3) is 0 Å². The van der Waals surface area contributed by atoms with Crippen LogP contribution in [-0.4, -0.2) is 26.4 Å². The van der Waals surface area contributed by atoms with E-state index in [0.717, 1.165) is 37.0 Å². The second-order valence-corrected chi connectivity index (χ2v) is 14.2. The molecule has 0 saturated carbocycles. The SMILES string of the molecule is CCn1c(COc2ccc(C(C)(C)C)cc2)nnc1SCC(=O)Nc1sc2c(c1C#N)CCC(C(C)(C)CC)C2. The number of nitriles is 1. The fourth-order valence-corrected chi connectivity index (χ4v) is 7.21. The molecule has 3 aromatic rings. The van der Waals surface area contributed by atoms with E-state index in [4.69, 9.17) is 4.74 Å². The molecule has 40 heavy (non-hydrogen) atoms. The maximum atomic E-state index is 12.9. The Balaban J connectivity index is 1.36. The number of thiophene rings is 1. The highest BCUT2D eigenvalue weighted by Gasteiger charge is 2.34. The van der Waals surface area contributed by atoms with Gasteiger partial charge in [0.2, 0.25) is 5.91 Å². The van der Waals surface area contributed by atoms with Gasteiger partial charge in [-0.15, -0.1) is 21.5 Å². The van der Waals surface area contributed by atoms with E-state index in [1.165, 1.54) is 22.2 Å². The molecule has 0 spiro atoms. The predicted octanol–water partition coefficient (Wildman–Crippen LogP) is 7.38. The lowest BCUT2D eigenvalue weighted by Crippen LogP contribution is -2.28. The summed E-state index contributed by atoms with van der Waals surface area (Å²) in [5, 5.41) is 22.9. The first-order valence-corrected chi connectivity index (χ1v) is 15.9. The summed E-state index contributed by atoms with van der Waals surface area (Å²) >= 11 is 2.92. The fraction of sp³-hybridized carbons (Fsp3) is 0.548. The van der Waals surface area contributed by atoms with Crippen LogP contribution in [0.4, 0.5) is 5.00 Å². The van der Waals surface area contributed by atoms with Gasteiger partial charge >= 0.3 is 0 Å². The second-order valence-electron chi connectivity index (χ2n) is 12.1. The standard InChI is InChI=1S/C31H41N5O2S2/c1-8-31(6,7)21-12-15-23-24(17-32)28(40-25(23)16-21)33-27(37)19-39-29-35-34-26(36(29)9-2)18-38-22-13-10-20(11-14-22)30(3,4)5/h10-11,13-14,21H,8-9,12,15-16,18-19H2,1-7H3,(H,33,37). The molecule has 1 aliphatic carbocycles. The molecule has 4 rings (SSSR count). The second kappa shape index (κ2) is 12.4. The number of benzene rings is 1. The number of rotatable bonds is 10. The van der Waals surface area contributed by atoms with Gasteiger partial charge in [-0.1, -0.05) is 71.9 Å². The van der Waals surface area contributed by atoms with Crippen LogP contribution in [0.2, 0.25) is 0 Å². The summed E-state index contributed by atoms with van der Waals surface area (Å²) < 4.78 is 7.95. The summed E-state index contributed by atoms with van der Waals surface area (Å²) in [6.07, 6.45) is 4.10. The van der Waals surface area contributed by atoms with Crippen LogP contribution in [0.5, 0.6) is 5.75 Å². The maximum absolute atomic E-state index is 12.9. The van der Waals surface area contributed by atoms with Crippen LogP contribution >= 0.6 is 23.1 Å². The van der Waals surface area contributed by atoms with Crippen molar-refractivity contribution in [1.82, 2.24) is 14.8 Å². The number of aromatic nitrogens is 3. The maximum Gasteiger partial charge on any atom is 0.235 e. The van der Waals surface area contributed by atoms with Gasteiger partial charge in [-0.05, 0) is 66.2 Å². The van der Waals surface area contributed by atoms with Crippen molar-refractivity contribution in [1.29, 1.82) is 5.26 Å². The van der Waals surface area contributed by atoms with Gasteiger partial charge in [0.15, 0.2) is 11.0 Å². The topological polar surface area (TPSA) is 92.8 Å². The first-order valence-electron chi connectivity index (χ1n) is 14.1. The first kappa shape index (κ1) is 30.1. The zero-order valence-electron chi connectivity index (χ0n) is 24.8. The molecular weight excluding hydrogens is 539 g/mol. The number of fused-ring (bicyclic) bond motifs is 1. The van der Waals surface area contributed by atoms with Crippen LogP contribution in [0.15, 0.2) is 29.4 Å². The summed E-state index contributed by atoms with van der Waals surface area (Å²) in [7, 11) is 0. The summed E-state index contributed by atoms with van der Waals surface area (Å²) in [5.41, 5.74) is 3.38. The van der Waals surface area contributed by atoms with Gasteiger partial charge in [0.05, 0.1) is 11.3 Å². The Labute approximate surface area is 246 Å². The summed E-state index contributed by atoms with van der Waals surface area (Å²) in [4.78, 5) is 14.2. The van der Waals surface area contributed by atoms with Crippen molar-refractivity contribution in [3.63, 3.8) is 0 Å². The Hall–Kier alpha value is -2.83. The van der Waals surface area contributed by atoms with Gasteiger partial charge in [0.1, 0.15) is 23.4 Å². The largest absolute Gasteiger partial charge is 0.486 e. The third-order valence-electron chi connectivity index (χ3n) is 8.18. The molecule has 1 N–H and O–H groups in total. The van der Waals surface area contributed by atoms with E-state index in [0.29, 0.717) is 40.6 Å². The van der Waals surface area contributed by atoms with E-state index in [1.807, 2.05) is 23.6 Å². The number of carbonyl (C=O) groups excluding carboxylic acids is 1. The van der Waals surface area contributed by atoms with Crippen molar-refractivity contribution < 1.29 is 9.53 Å². The number of nitrogens with zero attached hydrogens (tertiary/aromatic N) is 4. The monoisotopic (exact) mass is 579 g/mol. The number of hydrogen-bond donors (Lipinski definition) is 1. The van der Waals surface area contributed by atoms with Gasteiger partial charge in [0.25, 0.3) is 0 Å². The molecule has 9 heteroatoms. The smallest absolute Gasteiger partial charge is 0.235 e. The van der Waals surface area contributed by atoms with E-state index >= 15 is 0 Å². The Bertz CT molecular complexity index is 1380. The molecule has 2 heterocycles. The Morgan fingerprint density at radius 2 is 1.93 bits per heavy atom. The molecule has 0 radical (unpaired) electrons. The Kier molecular flexibility index (Phi) is 9.31. The minimum atomic E-state index is -0.145. The molecule has 1 unspecified atom stereocenters. The number of hydrogen-bond acceptors (Lipinski definition) is 7. The van der Waals surface area contributed by atoms with Crippen LogP contribution in [0.3, 0.4) is 0 Å².